The van der Waals surface area contributed by atoms with Gasteiger partial charge in [0.1, 0.15) is 5.00 Å². The topological polar surface area (TPSA) is 136 Å². The molecule has 0 saturated carbocycles. The second-order valence-corrected chi connectivity index (χ2v) is 8.31. The molecule has 0 radical (unpaired) electrons. The maximum atomic E-state index is 12.7. The Morgan fingerprint density at radius 1 is 1.06 bits per heavy atom. The fourth-order valence-corrected chi connectivity index (χ4v) is 4.45. The minimum atomic E-state index is -0.675. The number of nitrogens with one attached hydrogen (secondary N) is 1. The van der Waals surface area contributed by atoms with E-state index in [0.717, 1.165) is 16.2 Å². The fraction of sp³-hybridized carbons (Fsp3) is 0.130. The van der Waals surface area contributed by atoms with Gasteiger partial charge in [-0.05, 0) is 37.3 Å². The molecule has 1 aliphatic rings. The number of esters is 1. The zero-order valence-electron chi connectivity index (χ0n) is 17.8. The molecule has 0 fully saturated rings. The van der Waals surface area contributed by atoms with Crippen LogP contribution < -0.4 is 5.32 Å². The van der Waals surface area contributed by atoms with Gasteiger partial charge in [0.2, 0.25) is 0 Å². The number of anilines is 1. The summed E-state index contributed by atoms with van der Waals surface area (Å²) >= 11 is 1.03. The number of nitrogens with zero attached hydrogens (tertiary/aromatic N) is 2. The summed E-state index contributed by atoms with van der Waals surface area (Å²) in [5.41, 5.74) is 0.676. The molecule has 1 aliphatic heterocycles. The second-order valence-electron chi connectivity index (χ2n) is 7.18. The number of nitro groups is 1. The van der Waals surface area contributed by atoms with Crippen LogP contribution in [-0.4, -0.2) is 40.1 Å². The summed E-state index contributed by atoms with van der Waals surface area (Å²) in [4.78, 5) is 62.3. The third-order valence-electron chi connectivity index (χ3n) is 5.04. The van der Waals surface area contributed by atoms with E-state index in [0.29, 0.717) is 16.0 Å². The van der Waals surface area contributed by atoms with Gasteiger partial charge in [0.15, 0.2) is 0 Å². The number of carbonyl (C=O) groups is 4. The van der Waals surface area contributed by atoms with Crippen LogP contribution in [0.5, 0.6) is 0 Å². The molecule has 4 rings (SSSR count). The predicted octanol–water partition coefficient (Wildman–Crippen LogP) is 3.88. The van der Waals surface area contributed by atoms with Crippen molar-refractivity contribution in [2.45, 2.75) is 13.5 Å². The van der Waals surface area contributed by atoms with Gasteiger partial charge in [-0.1, -0.05) is 12.1 Å². The smallest absolute Gasteiger partial charge is 0.341 e. The predicted molar refractivity (Wildman–Crippen MR) is 122 cm³/mol. The molecular formula is C23H17N3O7S. The Labute approximate surface area is 196 Å². The largest absolute Gasteiger partial charge is 0.462 e. The number of amides is 3. The lowest BCUT2D eigenvalue weighted by molar-refractivity contribution is -0.384. The van der Waals surface area contributed by atoms with Crippen LogP contribution in [0.1, 0.15) is 53.2 Å². The van der Waals surface area contributed by atoms with Crippen LogP contribution in [0, 0.1) is 10.1 Å². The molecule has 0 unspecified atom stereocenters. The van der Waals surface area contributed by atoms with Crippen molar-refractivity contribution in [3.8, 4) is 0 Å². The van der Waals surface area contributed by atoms with Gasteiger partial charge in [0.05, 0.1) is 34.8 Å². The summed E-state index contributed by atoms with van der Waals surface area (Å²) in [6, 6.07) is 12.9. The highest BCUT2D eigenvalue weighted by Crippen LogP contribution is 2.33. The van der Waals surface area contributed by atoms with Crippen LogP contribution in [0.3, 0.4) is 0 Å². The Morgan fingerprint density at radius 3 is 2.24 bits per heavy atom. The summed E-state index contributed by atoms with van der Waals surface area (Å²) in [6.07, 6.45) is 0. The summed E-state index contributed by atoms with van der Waals surface area (Å²) in [6.45, 7) is 1.66. The van der Waals surface area contributed by atoms with E-state index >= 15 is 0 Å². The quantitative estimate of drug-likeness (QED) is 0.235. The number of hydrogen-bond acceptors (Lipinski definition) is 8. The summed E-state index contributed by atoms with van der Waals surface area (Å²) < 4.78 is 5.07. The highest BCUT2D eigenvalue weighted by atomic mass is 32.1. The van der Waals surface area contributed by atoms with Crippen LogP contribution in [0.15, 0.2) is 54.6 Å². The lowest BCUT2D eigenvalue weighted by Gasteiger charge is -2.12. The van der Waals surface area contributed by atoms with Crippen LogP contribution in [0.25, 0.3) is 0 Å². The average Bonchev–Trinajstić information content (AvgIpc) is 3.33. The molecule has 1 N–H and O–H groups in total. The van der Waals surface area contributed by atoms with E-state index in [4.69, 9.17) is 4.74 Å². The van der Waals surface area contributed by atoms with Crippen molar-refractivity contribution in [2.75, 3.05) is 11.9 Å². The van der Waals surface area contributed by atoms with Crippen LogP contribution in [0.4, 0.5) is 10.7 Å². The number of thiophene rings is 1. The van der Waals surface area contributed by atoms with E-state index in [2.05, 4.69) is 5.32 Å². The van der Waals surface area contributed by atoms with E-state index in [1.54, 1.807) is 31.2 Å². The highest BCUT2D eigenvalue weighted by Gasteiger charge is 2.35. The van der Waals surface area contributed by atoms with Crippen LogP contribution in [-0.2, 0) is 11.3 Å². The molecule has 0 saturated heterocycles. The Kier molecular flexibility index (Phi) is 6.19. The molecule has 0 atom stereocenters. The number of ether oxygens (including phenoxy) is 1. The Morgan fingerprint density at radius 2 is 1.68 bits per heavy atom. The van der Waals surface area contributed by atoms with E-state index in [1.807, 2.05) is 0 Å². The van der Waals surface area contributed by atoms with Crippen LogP contribution in [0.2, 0.25) is 0 Å². The van der Waals surface area contributed by atoms with Crippen molar-refractivity contribution in [3.05, 3.63) is 91.8 Å². The van der Waals surface area contributed by atoms with Gasteiger partial charge in [-0.25, -0.2) is 4.79 Å². The van der Waals surface area contributed by atoms with Crippen molar-refractivity contribution in [1.29, 1.82) is 0 Å². The lowest BCUT2D eigenvalue weighted by Crippen LogP contribution is -2.28. The molecule has 0 aliphatic carbocycles. The van der Waals surface area contributed by atoms with Gasteiger partial charge in [0, 0.05) is 22.6 Å². The van der Waals surface area contributed by atoms with Gasteiger partial charge in [-0.3, -0.25) is 29.4 Å². The number of imide groups is 1. The number of carbonyl (C=O) groups excluding carboxylic acids is 4. The third-order valence-corrected chi connectivity index (χ3v) is 6.07. The first-order valence-electron chi connectivity index (χ1n) is 10.1. The van der Waals surface area contributed by atoms with Gasteiger partial charge >= 0.3 is 5.97 Å². The SMILES string of the molecule is CCOC(=O)c1cc(CN2C(=O)c3ccccc3C2=O)sc1NC(=O)c1ccc([N+](=O)[O-])cc1. The molecule has 172 valence electrons. The van der Waals surface area contributed by atoms with E-state index in [1.165, 1.54) is 30.3 Å². The van der Waals surface area contributed by atoms with E-state index in [9.17, 15) is 29.3 Å². The monoisotopic (exact) mass is 479 g/mol. The number of rotatable bonds is 7. The first-order valence-corrected chi connectivity index (χ1v) is 10.9. The standard InChI is InChI=1S/C23H17N3O7S/c1-2-33-23(30)18-11-15(12-25-21(28)16-5-3-4-6-17(16)22(25)29)34-20(18)24-19(27)13-7-9-14(10-8-13)26(31)32/h3-11H,2,12H2,1H3,(H,24,27). The summed E-state index contributed by atoms with van der Waals surface area (Å²) in [5, 5.41) is 13.6. The lowest BCUT2D eigenvalue weighted by atomic mass is 10.1. The van der Waals surface area contributed by atoms with Gasteiger partial charge in [-0.2, -0.15) is 0 Å². The Bertz CT molecular complexity index is 1300. The van der Waals surface area contributed by atoms with Crippen molar-refractivity contribution in [2.24, 2.45) is 0 Å². The normalized spacial score (nSPS) is 12.4. The molecule has 0 bridgehead atoms. The molecule has 2 aromatic carbocycles. The molecule has 1 aromatic heterocycles. The number of hydrogen-bond donors (Lipinski definition) is 1. The van der Waals surface area contributed by atoms with E-state index < -0.39 is 28.6 Å². The fourth-order valence-electron chi connectivity index (χ4n) is 3.42. The number of benzene rings is 2. The molecule has 11 heteroatoms. The number of non-ortho nitro benzene ring substituents is 1. The molecule has 3 amide bonds. The first-order chi connectivity index (χ1) is 16.3. The van der Waals surface area contributed by atoms with Gasteiger partial charge in [0.25, 0.3) is 23.4 Å². The van der Waals surface area contributed by atoms with E-state index in [-0.39, 0.29) is 35.0 Å². The summed E-state index contributed by atoms with van der Waals surface area (Å²) in [5.74, 6) is -2.15. The first kappa shape index (κ1) is 22.8. The van der Waals surface area contributed by atoms with Crippen molar-refractivity contribution < 1.29 is 28.8 Å². The Balaban J connectivity index is 1.59. The zero-order chi connectivity index (χ0) is 24.4. The van der Waals surface area contributed by atoms with Gasteiger partial charge < -0.3 is 10.1 Å². The third kappa shape index (κ3) is 4.28. The highest BCUT2D eigenvalue weighted by molar-refractivity contribution is 7.16. The second kappa shape index (κ2) is 9.24. The van der Waals surface area contributed by atoms with Crippen molar-refractivity contribution >= 4 is 45.7 Å². The number of fused-ring (bicyclic) bond motifs is 1. The van der Waals surface area contributed by atoms with Crippen molar-refractivity contribution in [1.82, 2.24) is 4.90 Å². The Hall–Kier alpha value is -4.38. The average molecular weight is 479 g/mol. The number of nitro benzene ring substituents is 1. The molecule has 10 nitrogen and oxygen atoms in total. The molecule has 34 heavy (non-hydrogen) atoms. The minimum absolute atomic E-state index is 0.0775. The maximum absolute atomic E-state index is 12.7. The minimum Gasteiger partial charge on any atom is -0.462 e. The van der Waals surface area contributed by atoms with Crippen LogP contribution >= 0.6 is 11.3 Å². The molecule has 2 heterocycles. The molecule has 3 aromatic rings. The molecular weight excluding hydrogens is 462 g/mol. The molecule has 0 spiro atoms. The maximum Gasteiger partial charge on any atom is 0.341 e. The summed E-state index contributed by atoms with van der Waals surface area (Å²) in [7, 11) is 0. The zero-order valence-corrected chi connectivity index (χ0v) is 18.6. The van der Waals surface area contributed by atoms with Crippen molar-refractivity contribution in [3.63, 3.8) is 0 Å². The van der Waals surface area contributed by atoms with Gasteiger partial charge in [-0.15, -0.1) is 11.3 Å².